The third-order valence-electron chi connectivity index (χ3n) is 3.46. The minimum Gasteiger partial charge on any atom is -0.432 e. The number of fused-ring (bicyclic) bond motifs is 2. The lowest BCUT2D eigenvalue weighted by Gasteiger charge is -2.12. The van der Waals surface area contributed by atoms with Crippen LogP contribution in [-0.4, -0.2) is 22.7 Å². The van der Waals surface area contributed by atoms with E-state index in [9.17, 15) is 26.3 Å². The molecule has 2 heterocycles. The quantitative estimate of drug-likeness (QED) is 0.546. The summed E-state index contributed by atoms with van der Waals surface area (Å²) in [5, 5.41) is 26.7. The zero-order valence-corrected chi connectivity index (χ0v) is 14.6. The fourth-order valence-electron chi connectivity index (χ4n) is 2.33. The van der Waals surface area contributed by atoms with E-state index in [1.54, 1.807) is 6.07 Å². The van der Waals surface area contributed by atoms with Gasteiger partial charge in [0.15, 0.2) is 16.6 Å². The molecule has 158 valence electrons. The van der Waals surface area contributed by atoms with E-state index in [2.05, 4.69) is 19.4 Å². The van der Waals surface area contributed by atoms with E-state index in [4.69, 9.17) is 24.6 Å². The van der Waals surface area contributed by atoms with Crippen LogP contribution in [0.5, 0.6) is 11.5 Å². The summed E-state index contributed by atoms with van der Waals surface area (Å²) in [6.45, 7) is 1.14. The fourth-order valence-corrected chi connectivity index (χ4v) is 2.33. The lowest BCUT2D eigenvalue weighted by Crippen LogP contribution is -2.19. The Kier molecular flexibility index (Phi) is 4.87. The van der Waals surface area contributed by atoms with Crippen LogP contribution in [0.1, 0.15) is 6.92 Å². The number of halogens is 6. The van der Waals surface area contributed by atoms with Crippen LogP contribution >= 0.6 is 0 Å². The van der Waals surface area contributed by atoms with Gasteiger partial charge in [-0.3, -0.25) is 0 Å². The molecule has 0 aliphatic carbocycles. The lowest BCUT2D eigenvalue weighted by atomic mass is 10.2. The van der Waals surface area contributed by atoms with Crippen molar-refractivity contribution < 1.29 is 44.7 Å². The van der Waals surface area contributed by atoms with Crippen LogP contribution in [0, 0.1) is 34.0 Å². The van der Waals surface area contributed by atoms with E-state index >= 15 is 0 Å². The molecule has 3 rings (SSSR count). The molecule has 0 atom stereocenters. The van der Waals surface area contributed by atoms with Crippen LogP contribution in [0.15, 0.2) is 8.83 Å². The van der Waals surface area contributed by atoms with Crippen molar-refractivity contribution in [3.63, 3.8) is 0 Å². The molecule has 2 aromatic heterocycles. The van der Waals surface area contributed by atoms with Crippen molar-refractivity contribution in [2.75, 3.05) is 0 Å². The molecule has 15 heteroatoms. The molecule has 0 N–H and O–H groups in total. The molecule has 31 heavy (non-hydrogen) atoms. The second-order valence-corrected chi connectivity index (χ2v) is 5.48. The summed E-state index contributed by atoms with van der Waals surface area (Å²) in [6, 6.07) is 4.22. The van der Waals surface area contributed by atoms with Crippen LogP contribution < -0.4 is 20.6 Å². The van der Waals surface area contributed by atoms with Gasteiger partial charge >= 0.3 is 12.7 Å². The SMILES string of the molecule is C/C(C#N)=c1\nc2c(OC(F)(F)F)c3oc(=C(C#N)C#N)nc3c(OC(F)(F)F)c2o1. The number of alkyl halides is 6. The highest BCUT2D eigenvalue weighted by Gasteiger charge is 2.39. The number of aromatic nitrogens is 2. The standard InChI is InChI=1S/C16H3F6N5O4/c1-5(2-23)13-26-7-9(28-13)12(31-16(20,21)22)8-10(11(7)30-15(17,18)19)29-14(27-8)6(3-24)4-25/h1H3/b13-5-. The van der Waals surface area contributed by atoms with Crippen molar-refractivity contribution in [3.8, 4) is 29.7 Å². The summed E-state index contributed by atoms with van der Waals surface area (Å²) in [5.74, 6) is -2.55. The number of hydrogen-bond acceptors (Lipinski definition) is 9. The number of ether oxygens (including phenoxy) is 2. The maximum atomic E-state index is 13.0. The Morgan fingerprint density at radius 2 is 1.19 bits per heavy atom. The second-order valence-electron chi connectivity index (χ2n) is 5.48. The molecule has 0 aliphatic heterocycles. The highest BCUT2D eigenvalue weighted by atomic mass is 19.4. The van der Waals surface area contributed by atoms with Crippen LogP contribution in [0.3, 0.4) is 0 Å². The first-order valence-corrected chi connectivity index (χ1v) is 7.58. The molecule has 3 aromatic rings. The minimum absolute atomic E-state index is 0.290. The smallest absolute Gasteiger partial charge is 0.432 e. The topological polar surface area (TPSA) is 142 Å². The van der Waals surface area contributed by atoms with E-state index in [1.165, 1.54) is 12.1 Å². The van der Waals surface area contributed by atoms with Crippen LogP contribution in [0.2, 0.25) is 0 Å². The number of benzene rings is 1. The highest BCUT2D eigenvalue weighted by Crippen LogP contribution is 2.44. The first kappa shape index (κ1) is 21.3. The minimum atomic E-state index is -5.37. The summed E-state index contributed by atoms with van der Waals surface area (Å²) in [4.78, 5) is 7.05. The number of oxazole rings is 2. The summed E-state index contributed by atoms with van der Waals surface area (Å²) < 4.78 is 95.5. The third-order valence-corrected chi connectivity index (χ3v) is 3.46. The summed E-state index contributed by atoms with van der Waals surface area (Å²) >= 11 is 0. The van der Waals surface area contributed by atoms with Gasteiger partial charge in [-0.1, -0.05) is 0 Å². The normalized spacial score (nSPS) is 12.8. The summed E-state index contributed by atoms with van der Waals surface area (Å²) in [6.07, 6.45) is -10.7. The number of hydrogen-bond donors (Lipinski definition) is 0. The first-order chi connectivity index (χ1) is 14.4. The average Bonchev–Trinajstić information content (AvgIpc) is 3.28. The largest absolute Gasteiger partial charge is 0.573 e. The molecular weight excluding hydrogens is 440 g/mol. The van der Waals surface area contributed by atoms with E-state index in [0.29, 0.717) is 0 Å². The molecule has 0 radical (unpaired) electrons. The van der Waals surface area contributed by atoms with Crippen LogP contribution in [0.4, 0.5) is 26.3 Å². The van der Waals surface area contributed by atoms with Crippen molar-refractivity contribution in [3.05, 3.63) is 11.1 Å². The molecule has 9 nitrogen and oxygen atoms in total. The van der Waals surface area contributed by atoms with Crippen LogP contribution in [0.25, 0.3) is 33.3 Å². The monoisotopic (exact) mass is 443 g/mol. The first-order valence-electron chi connectivity index (χ1n) is 7.58. The molecule has 0 aliphatic rings. The second kappa shape index (κ2) is 7.11. The van der Waals surface area contributed by atoms with Gasteiger partial charge in [-0.15, -0.1) is 26.3 Å². The molecule has 0 amide bonds. The van der Waals surface area contributed by atoms with Gasteiger partial charge in [0, 0.05) is 0 Å². The molecule has 0 unspecified atom stereocenters. The average molecular weight is 443 g/mol. The predicted molar refractivity (Wildman–Crippen MR) is 83.5 cm³/mol. The molecule has 0 saturated carbocycles. The number of nitrogens with zero attached hydrogens (tertiary/aromatic N) is 5. The van der Waals surface area contributed by atoms with Gasteiger partial charge in [0.05, 0.1) is 5.57 Å². The molecule has 0 saturated heterocycles. The summed E-state index contributed by atoms with van der Waals surface area (Å²) in [7, 11) is 0. The van der Waals surface area contributed by atoms with Gasteiger partial charge in [-0.05, 0) is 6.92 Å². The Labute approximate surface area is 165 Å². The molecule has 0 spiro atoms. The Morgan fingerprint density at radius 3 is 1.58 bits per heavy atom. The maximum absolute atomic E-state index is 13.0. The third kappa shape index (κ3) is 4.00. The van der Waals surface area contributed by atoms with Gasteiger partial charge in [-0.2, -0.15) is 15.8 Å². The Bertz CT molecular complexity index is 1370. The zero-order chi connectivity index (χ0) is 23.1. The fraction of sp³-hybridized carbons (Fsp3) is 0.188. The van der Waals surface area contributed by atoms with Crippen molar-refractivity contribution in [2.45, 2.75) is 19.6 Å². The van der Waals surface area contributed by atoms with E-state index < -0.39 is 63.1 Å². The van der Waals surface area contributed by atoms with Gasteiger partial charge in [0.2, 0.25) is 33.8 Å². The van der Waals surface area contributed by atoms with E-state index in [1.807, 2.05) is 0 Å². The van der Waals surface area contributed by atoms with Crippen molar-refractivity contribution in [1.29, 1.82) is 15.8 Å². The molecular formula is C16H3F6N5O4. The van der Waals surface area contributed by atoms with Gasteiger partial charge < -0.3 is 18.3 Å². The Balaban J connectivity index is 2.62. The van der Waals surface area contributed by atoms with Crippen LogP contribution in [-0.2, 0) is 0 Å². The van der Waals surface area contributed by atoms with Gasteiger partial charge in [0.1, 0.15) is 18.2 Å². The van der Waals surface area contributed by atoms with Crippen molar-refractivity contribution >= 4 is 33.3 Å². The summed E-state index contributed by atoms with van der Waals surface area (Å²) in [5.41, 5.74) is -6.66. The highest BCUT2D eigenvalue weighted by molar-refractivity contribution is 6.03. The van der Waals surface area contributed by atoms with Gasteiger partial charge in [0.25, 0.3) is 0 Å². The molecule has 0 fully saturated rings. The molecule has 1 aromatic carbocycles. The number of rotatable bonds is 2. The maximum Gasteiger partial charge on any atom is 0.573 e. The van der Waals surface area contributed by atoms with E-state index in [-0.39, 0.29) is 5.57 Å². The zero-order valence-electron chi connectivity index (χ0n) is 14.6. The van der Waals surface area contributed by atoms with Crippen molar-refractivity contribution in [2.24, 2.45) is 0 Å². The Hall–Kier alpha value is -4.45. The lowest BCUT2D eigenvalue weighted by molar-refractivity contribution is -0.275. The number of nitriles is 3. The van der Waals surface area contributed by atoms with E-state index in [0.717, 1.165) is 6.92 Å². The Morgan fingerprint density at radius 1 is 0.774 bits per heavy atom. The van der Waals surface area contributed by atoms with Crippen molar-refractivity contribution in [1.82, 2.24) is 9.97 Å². The molecule has 0 bridgehead atoms. The predicted octanol–water partition coefficient (Wildman–Crippen LogP) is 2.66. The van der Waals surface area contributed by atoms with Gasteiger partial charge in [-0.25, -0.2) is 9.97 Å².